The molecule has 0 unspecified atom stereocenters. The highest BCUT2D eigenvalue weighted by Gasteiger charge is 2.19. The van der Waals surface area contributed by atoms with E-state index >= 15 is 0 Å². The van der Waals surface area contributed by atoms with Gasteiger partial charge < -0.3 is 10.1 Å². The highest BCUT2D eigenvalue weighted by molar-refractivity contribution is 7.12. The van der Waals surface area contributed by atoms with Crippen LogP contribution in [-0.4, -0.2) is 24.0 Å². The molecule has 0 aliphatic rings. The number of benzene rings is 2. The first-order valence-electron chi connectivity index (χ1n) is 9.01. The van der Waals surface area contributed by atoms with Gasteiger partial charge in [0.25, 0.3) is 5.91 Å². The van der Waals surface area contributed by atoms with Gasteiger partial charge in [-0.2, -0.15) is 0 Å². The molecule has 0 radical (unpaired) electrons. The van der Waals surface area contributed by atoms with E-state index in [1.165, 1.54) is 18.4 Å². The SMILES string of the molecule is COC(=O)c1sccc1NC(=O)c1cc(-c2ccccc2C)nc2ccccc12. The van der Waals surface area contributed by atoms with Crippen LogP contribution in [0.5, 0.6) is 0 Å². The molecule has 144 valence electrons. The maximum atomic E-state index is 13.2. The minimum Gasteiger partial charge on any atom is -0.465 e. The van der Waals surface area contributed by atoms with Gasteiger partial charge in [-0.25, -0.2) is 9.78 Å². The fraction of sp³-hybridized carbons (Fsp3) is 0.0870. The average molecular weight is 402 g/mol. The van der Waals surface area contributed by atoms with E-state index in [4.69, 9.17) is 9.72 Å². The monoisotopic (exact) mass is 402 g/mol. The predicted molar refractivity (Wildman–Crippen MR) is 116 cm³/mol. The third kappa shape index (κ3) is 3.62. The van der Waals surface area contributed by atoms with Crippen molar-refractivity contribution in [3.05, 3.63) is 82.0 Å². The van der Waals surface area contributed by atoms with Crippen molar-refractivity contribution in [1.29, 1.82) is 0 Å². The minimum absolute atomic E-state index is 0.304. The number of hydrogen-bond acceptors (Lipinski definition) is 5. The lowest BCUT2D eigenvalue weighted by molar-refractivity contribution is 0.0607. The van der Waals surface area contributed by atoms with Gasteiger partial charge in [-0.3, -0.25) is 4.79 Å². The fourth-order valence-electron chi connectivity index (χ4n) is 3.21. The number of rotatable bonds is 4. The largest absolute Gasteiger partial charge is 0.465 e. The number of carbonyl (C=O) groups is 2. The highest BCUT2D eigenvalue weighted by atomic mass is 32.1. The van der Waals surface area contributed by atoms with Crippen molar-refractivity contribution in [2.45, 2.75) is 6.92 Å². The number of pyridine rings is 1. The fourth-order valence-corrected chi connectivity index (χ4v) is 3.98. The van der Waals surface area contributed by atoms with Crippen molar-refractivity contribution in [1.82, 2.24) is 4.98 Å². The molecule has 0 saturated heterocycles. The number of nitrogens with one attached hydrogen (secondary N) is 1. The van der Waals surface area contributed by atoms with Crippen LogP contribution >= 0.6 is 11.3 Å². The van der Waals surface area contributed by atoms with Crippen molar-refractivity contribution in [2.24, 2.45) is 0 Å². The van der Waals surface area contributed by atoms with Gasteiger partial charge in [0.05, 0.1) is 29.6 Å². The van der Waals surface area contributed by atoms with Crippen LogP contribution in [0.1, 0.15) is 25.6 Å². The Bertz CT molecular complexity index is 1230. The minimum atomic E-state index is -0.476. The van der Waals surface area contributed by atoms with Crippen LogP contribution in [0.3, 0.4) is 0 Å². The van der Waals surface area contributed by atoms with Gasteiger partial charge in [-0.1, -0.05) is 42.5 Å². The molecular weight excluding hydrogens is 384 g/mol. The molecule has 0 aliphatic carbocycles. The highest BCUT2D eigenvalue weighted by Crippen LogP contribution is 2.29. The summed E-state index contributed by atoms with van der Waals surface area (Å²) in [6.07, 6.45) is 0. The molecule has 0 spiro atoms. The number of hydrogen-bond donors (Lipinski definition) is 1. The summed E-state index contributed by atoms with van der Waals surface area (Å²) in [5, 5.41) is 5.34. The van der Waals surface area contributed by atoms with E-state index in [1.807, 2.05) is 55.5 Å². The lowest BCUT2D eigenvalue weighted by Gasteiger charge is -2.12. The zero-order valence-electron chi connectivity index (χ0n) is 15.9. The maximum Gasteiger partial charge on any atom is 0.350 e. The van der Waals surface area contributed by atoms with Gasteiger partial charge in [0, 0.05) is 10.9 Å². The lowest BCUT2D eigenvalue weighted by atomic mass is 10.0. The summed E-state index contributed by atoms with van der Waals surface area (Å²) in [5.74, 6) is -0.780. The summed E-state index contributed by atoms with van der Waals surface area (Å²) in [6.45, 7) is 2.01. The van der Waals surface area contributed by atoms with Gasteiger partial charge >= 0.3 is 5.97 Å². The second-order valence-corrected chi connectivity index (χ2v) is 7.41. The smallest absolute Gasteiger partial charge is 0.350 e. The molecule has 0 bridgehead atoms. The number of aromatic nitrogens is 1. The summed E-state index contributed by atoms with van der Waals surface area (Å²) in [6, 6.07) is 18.9. The van der Waals surface area contributed by atoms with Crippen LogP contribution in [0, 0.1) is 6.92 Å². The van der Waals surface area contributed by atoms with Crippen molar-refractivity contribution in [2.75, 3.05) is 12.4 Å². The molecule has 1 N–H and O–H groups in total. The zero-order chi connectivity index (χ0) is 20.4. The number of esters is 1. The first kappa shape index (κ1) is 18.8. The molecule has 6 heteroatoms. The number of carbonyl (C=O) groups excluding carboxylic acids is 2. The number of thiophene rings is 1. The molecular formula is C23H18N2O3S. The molecule has 2 aromatic heterocycles. The first-order valence-corrected chi connectivity index (χ1v) is 9.89. The van der Waals surface area contributed by atoms with Crippen LogP contribution in [0.25, 0.3) is 22.2 Å². The first-order chi connectivity index (χ1) is 14.1. The number of aryl methyl sites for hydroxylation is 1. The van der Waals surface area contributed by atoms with E-state index in [9.17, 15) is 9.59 Å². The Morgan fingerprint density at radius 1 is 1.03 bits per heavy atom. The standard InChI is InChI=1S/C23H18N2O3S/c1-14-7-3-4-8-15(14)20-13-17(16-9-5-6-10-18(16)24-20)22(26)25-19-11-12-29-21(19)23(27)28-2/h3-13H,1-2H3,(H,25,26). The Hall–Kier alpha value is -3.51. The van der Waals surface area contributed by atoms with Crippen LogP contribution in [0.15, 0.2) is 66.0 Å². The van der Waals surface area contributed by atoms with Gasteiger partial charge in [0.15, 0.2) is 0 Å². The topological polar surface area (TPSA) is 68.3 Å². The molecule has 1 amide bonds. The molecule has 2 heterocycles. The lowest BCUT2D eigenvalue weighted by Crippen LogP contribution is -2.15. The number of anilines is 1. The van der Waals surface area contributed by atoms with Gasteiger partial charge in [-0.15, -0.1) is 11.3 Å². The Kier molecular flexibility index (Phi) is 5.10. The van der Waals surface area contributed by atoms with Crippen molar-refractivity contribution < 1.29 is 14.3 Å². The number of amides is 1. The molecule has 0 fully saturated rings. The van der Waals surface area contributed by atoms with Crippen molar-refractivity contribution in [3.8, 4) is 11.3 Å². The Morgan fingerprint density at radius 2 is 1.79 bits per heavy atom. The number of para-hydroxylation sites is 1. The maximum absolute atomic E-state index is 13.2. The number of methoxy groups -OCH3 is 1. The molecule has 0 aliphatic heterocycles. The summed E-state index contributed by atoms with van der Waals surface area (Å²) in [5.41, 5.74) is 4.44. The van der Waals surface area contributed by atoms with Crippen LogP contribution in [0.4, 0.5) is 5.69 Å². The van der Waals surface area contributed by atoms with Crippen LogP contribution in [-0.2, 0) is 4.74 Å². The second-order valence-electron chi connectivity index (χ2n) is 6.50. The third-order valence-electron chi connectivity index (χ3n) is 4.67. The van der Waals surface area contributed by atoms with E-state index < -0.39 is 5.97 Å². The normalized spacial score (nSPS) is 10.7. The molecule has 4 aromatic rings. The Labute approximate surface area is 172 Å². The Balaban J connectivity index is 1.81. The quantitative estimate of drug-likeness (QED) is 0.470. The Morgan fingerprint density at radius 3 is 2.59 bits per heavy atom. The third-order valence-corrected chi connectivity index (χ3v) is 5.56. The predicted octanol–water partition coefficient (Wildman–Crippen LogP) is 5.31. The van der Waals surface area contributed by atoms with Crippen LogP contribution < -0.4 is 5.32 Å². The summed E-state index contributed by atoms with van der Waals surface area (Å²) in [7, 11) is 1.32. The molecule has 0 saturated carbocycles. The van der Waals surface area contributed by atoms with Crippen LogP contribution in [0.2, 0.25) is 0 Å². The summed E-state index contributed by atoms with van der Waals surface area (Å²) in [4.78, 5) is 30.2. The average Bonchev–Trinajstić information content (AvgIpc) is 3.20. The molecule has 0 atom stereocenters. The summed E-state index contributed by atoms with van der Waals surface area (Å²) >= 11 is 1.22. The molecule has 2 aromatic carbocycles. The molecule has 5 nitrogen and oxygen atoms in total. The molecule has 29 heavy (non-hydrogen) atoms. The van der Waals surface area contributed by atoms with Gasteiger partial charge in [-0.05, 0) is 36.1 Å². The van der Waals surface area contributed by atoms with E-state index in [1.54, 1.807) is 17.5 Å². The van der Waals surface area contributed by atoms with Crippen molar-refractivity contribution in [3.63, 3.8) is 0 Å². The van der Waals surface area contributed by atoms with E-state index in [0.717, 1.165) is 27.7 Å². The van der Waals surface area contributed by atoms with Crippen molar-refractivity contribution >= 4 is 39.8 Å². The second kappa shape index (κ2) is 7.85. The molecule has 4 rings (SSSR count). The number of nitrogens with zero attached hydrogens (tertiary/aromatic N) is 1. The van der Waals surface area contributed by atoms with Gasteiger partial charge in [0.1, 0.15) is 4.88 Å². The van der Waals surface area contributed by atoms with E-state index in [-0.39, 0.29) is 5.91 Å². The van der Waals surface area contributed by atoms with Gasteiger partial charge in [0.2, 0.25) is 0 Å². The number of fused-ring (bicyclic) bond motifs is 1. The zero-order valence-corrected chi connectivity index (χ0v) is 16.7. The van der Waals surface area contributed by atoms with E-state index in [0.29, 0.717) is 16.1 Å². The van der Waals surface area contributed by atoms with E-state index in [2.05, 4.69) is 5.32 Å². The number of ether oxygens (including phenoxy) is 1. The summed E-state index contributed by atoms with van der Waals surface area (Å²) < 4.78 is 4.79.